The molecule has 0 spiro atoms. The minimum Gasteiger partial charge on any atom is -0.351 e. The van der Waals surface area contributed by atoms with Crippen molar-refractivity contribution >= 4 is 21.6 Å². The Morgan fingerprint density at radius 1 is 1.04 bits per heavy atom. The summed E-state index contributed by atoms with van der Waals surface area (Å²) in [7, 11) is -3.76. The van der Waals surface area contributed by atoms with Crippen LogP contribution in [0.1, 0.15) is 29.8 Å². The summed E-state index contributed by atoms with van der Waals surface area (Å²) in [6.45, 7) is 9.18. The topological polar surface area (TPSA) is 78.5 Å². The zero-order chi connectivity index (χ0) is 19.9. The number of anilines is 1. The van der Waals surface area contributed by atoms with E-state index in [0.717, 1.165) is 25.2 Å². The van der Waals surface area contributed by atoms with Gasteiger partial charge in [0, 0.05) is 24.3 Å². The number of benzene rings is 2. The van der Waals surface area contributed by atoms with Crippen molar-refractivity contribution in [1.29, 1.82) is 0 Å². The van der Waals surface area contributed by atoms with Gasteiger partial charge in [0.05, 0.1) is 4.90 Å². The first-order valence-electron chi connectivity index (χ1n) is 9.05. The third-order valence-electron chi connectivity index (χ3n) is 4.32. The fourth-order valence-corrected chi connectivity index (χ4v) is 3.71. The standard InChI is InChI=1S/C20H27N3O3S/c1-4-23(5-2)14-13-21-20(24)17-7-6-8-19(15-17)27(25,26)22-18-11-9-16(3)10-12-18/h6-12,15,22H,4-5,13-14H2,1-3H3,(H,21,24). The summed E-state index contributed by atoms with van der Waals surface area (Å²) in [4.78, 5) is 14.6. The second-order valence-corrected chi connectivity index (χ2v) is 7.96. The van der Waals surface area contributed by atoms with Crippen LogP contribution in [0.4, 0.5) is 5.69 Å². The van der Waals surface area contributed by atoms with Crippen molar-refractivity contribution in [2.75, 3.05) is 30.9 Å². The Bertz CT molecular complexity index is 860. The van der Waals surface area contributed by atoms with E-state index >= 15 is 0 Å². The molecule has 0 aliphatic heterocycles. The van der Waals surface area contributed by atoms with Crippen molar-refractivity contribution in [2.24, 2.45) is 0 Å². The van der Waals surface area contributed by atoms with E-state index in [1.807, 2.05) is 19.1 Å². The average molecular weight is 390 g/mol. The number of rotatable bonds is 9. The van der Waals surface area contributed by atoms with E-state index in [-0.39, 0.29) is 10.8 Å². The fraction of sp³-hybridized carbons (Fsp3) is 0.350. The lowest BCUT2D eigenvalue weighted by Gasteiger charge is -2.18. The molecule has 0 heterocycles. The van der Waals surface area contributed by atoms with Gasteiger partial charge in [0.2, 0.25) is 0 Å². The Balaban J connectivity index is 2.06. The van der Waals surface area contributed by atoms with Crippen molar-refractivity contribution in [2.45, 2.75) is 25.7 Å². The summed E-state index contributed by atoms with van der Waals surface area (Å²) >= 11 is 0. The molecule has 27 heavy (non-hydrogen) atoms. The van der Waals surface area contributed by atoms with Crippen LogP contribution in [0.2, 0.25) is 0 Å². The Morgan fingerprint density at radius 2 is 1.70 bits per heavy atom. The third-order valence-corrected chi connectivity index (χ3v) is 5.70. The van der Waals surface area contributed by atoms with E-state index in [2.05, 4.69) is 28.8 Å². The number of carbonyl (C=O) groups excluding carboxylic acids is 1. The van der Waals surface area contributed by atoms with Crippen molar-refractivity contribution in [3.8, 4) is 0 Å². The van der Waals surface area contributed by atoms with Gasteiger partial charge < -0.3 is 10.2 Å². The SMILES string of the molecule is CCN(CC)CCNC(=O)c1cccc(S(=O)(=O)Nc2ccc(C)cc2)c1. The molecule has 0 unspecified atom stereocenters. The normalized spacial score (nSPS) is 11.4. The highest BCUT2D eigenvalue weighted by atomic mass is 32.2. The van der Waals surface area contributed by atoms with E-state index in [0.29, 0.717) is 17.8 Å². The highest BCUT2D eigenvalue weighted by Crippen LogP contribution is 2.17. The molecule has 2 rings (SSSR count). The quantitative estimate of drug-likeness (QED) is 0.691. The monoisotopic (exact) mass is 389 g/mol. The predicted molar refractivity (Wildman–Crippen MR) is 109 cm³/mol. The van der Waals surface area contributed by atoms with Gasteiger partial charge in [0.15, 0.2) is 0 Å². The lowest BCUT2D eigenvalue weighted by Crippen LogP contribution is -2.34. The lowest BCUT2D eigenvalue weighted by molar-refractivity contribution is 0.0948. The molecular weight excluding hydrogens is 362 g/mol. The Labute approximate surface area is 161 Å². The Kier molecular flexibility index (Phi) is 7.38. The molecule has 0 aromatic heterocycles. The maximum Gasteiger partial charge on any atom is 0.261 e. The summed E-state index contributed by atoms with van der Waals surface area (Å²) in [6, 6.07) is 13.1. The summed E-state index contributed by atoms with van der Waals surface area (Å²) in [5, 5.41) is 2.84. The first-order valence-corrected chi connectivity index (χ1v) is 10.5. The molecule has 0 fully saturated rings. The van der Waals surface area contributed by atoms with Gasteiger partial charge in [-0.1, -0.05) is 37.6 Å². The zero-order valence-corrected chi connectivity index (χ0v) is 16.8. The first-order chi connectivity index (χ1) is 12.9. The summed E-state index contributed by atoms with van der Waals surface area (Å²) in [5.74, 6) is -0.283. The summed E-state index contributed by atoms with van der Waals surface area (Å²) in [5.41, 5.74) is 1.84. The summed E-state index contributed by atoms with van der Waals surface area (Å²) < 4.78 is 27.7. The fourth-order valence-electron chi connectivity index (χ4n) is 2.61. The lowest BCUT2D eigenvalue weighted by atomic mass is 10.2. The highest BCUT2D eigenvalue weighted by Gasteiger charge is 2.16. The van der Waals surface area contributed by atoms with Crippen LogP contribution < -0.4 is 10.0 Å². The maximum atomic E-state index is 12.6. The molecule has 0 saturated carbocycles. The number of nitrogens with zero attached hydrogens (tertiary/aromatic N) is 1. The molecule has 2 N–H and O–H groups in total. The molecule has 0 bridgehead atoms. The molecule has 0 saturated heterocycles. The molecule has 146 valence electrons. The molecule has 1 amide bonds. The number of aryl methyl sites for hydroxylation is 1. The predicted octanol–water partition coefficient (Wildman–Crippen LogP) is 2.87. The number of carbonyl (C=O) groups is 1. The van der Waals surface area contributed by atoms with Crippen molar-refractivity contribution in [3.63, 3.8) is 0 Å². The smallest absolute Gasteiger partial charge is 0.261 e. The molecule has 2 aromatic carbocycles. The van der Waals surface area contributed by atoms with Crippen LogP contribution >= 0.6 is 0 Å². The number of nitrogens with one attached hydrogen (secondary N) is 2. The van der Waals surface area contributed by atoms with Crippen LogP contribution in [0.15, 0.2) is 53.4 Å². The van der Waals surface area contributed by atoms with E-state index in [9.17, 15) is 13.2 Å². The van der Waals surface area contributed by atoms with Gasteiger partial charge >= 0.3 is 0 Å². The third kappa shape index (κ3) is 6.08. The minimum absolute atomic E-state index is 0.0551. The number of likely N-dealkylation sites (N-methyl/N-ethyl adjacent to an activating group) is 1. The van der Waals surface area contributed by atoms with Gasteiger partial charge in [0.25, 0.3) is 15.9 Å². The number of amides is 1. The van der Waals surface area contributed by atoms with Crippen LogP contribution in [0.3, 0.4) is 0 Å². The van der Waals surface area contributed by atoms with Crippen LogP contribution in [-0.2, 0) is 10.0 Å². The second-order valence-electron chi connectivity index (χ2n) is 6.28. The molecular formula is C20H27N3O3S. The van der Waals surface area contributed by atoms with E-state index in [4.69, 9.17) is 0 Å². The highest BCUT2D eigenvalue weighted by molar-refractivity contribution is 7.92. The van der Waals surface area contributed by atoms with E-state index in [1.54, 1.807) is 24.3 Å². The molecule has 6 nitrogen and oxygen atoms in total. The van der Waals surface area contributed by atoms with Gasteiger partial charge in [0.1, 0.15) is 0 Å². The van der Waals surface area contributed by atoms with E-state index < -0.39 is 10.0 Å². The van der Waals surface area contributed by atoms with Crippen molar-refractivity contribution < 1.29 is 13.2 Å². The average Bonchev–Trinajstić information content (AvgIpc) is 2.67. The molecule has 0 aliphatic carbocycles. The largest absolute Gasteiger partial charge is 0.351 e. The first kappa shape index (κ1) is 20.9. The Morgan fingerprint density at radius 3 is 2.33 bits per heavy atom. The second kappa shape index (κ2) is 9.53. The van der Waals surface area contributed by atoms with Crippen molar-refractivity contribution in [3.05, 3.63) is 59.7 Å². The number of sulfonamides is 1. The molecule has 0 aliphatic rings. The van der Waals surface area contributed by atoms with Crippen LogP contribution in [0.5, 0.6) is 0 Å². The van der Waals surface area contributed by atoms with Gasteiger partial charge in [-0.2, -0.15) is 0 Å². The molecule has 7 heteroatoms. The van der Waals surface area contributed by atoms with Crippen LogP contribution in [-0.4, -0.2) is 45.4 Å². The van der Waals surface area contributed by atoms with Crippen LogP contribution in [0, 0.1) is 6.92 Å². The summed E-state index contributed by atoms with van der Waals surface area (Å²) in [6.07, 6.45) is 0. The van der Waals surface area contributed by atoms with Gasteiger partial charge in [-0.05, 0) is 50.3 Å². The molecule has 0 atom stereocenters. The van der Waals surface area contributed by atoms with Gasteiger partial charge in [-0.15, -0.1) is 0 Å². The van der Waals surface area contributed by atoms with Gasteiger partial charge in [-0.25, -0.2) is 8.42 Å². The maximum absolute atomic E-state index is 12.6. The number of hydrogen-bond donors (Lipinski definition) is 2. The molecule has 0 radical (unpaired) electrons. The zero-order valence-electron chi connectivity index (χ0n) is 16.0. The Hall–Kier alpha value is -2.38. The minimum atomic E-state index is -3.76. The molecule has 2 aromatic rings. The number of hydrogen-bond acceptors (Lipinski definition) is 4. The van der Waals surface area contributed by atoms with Crippen LogP contribution in [0.25, 0.3) is 0 Å². The van der Waals surface area contributed by atoms with Gasteiger partial charge in [-0.3, -0.25) is 9.52 Å². The van der Waals surface area contributed by atoms with Crippen molar-refractivity contribution in [1.82, 2.24) is 10.2 Å². The van der Waals surface area contributed by atoms with E-state index in [1.165, 1.54) is 12.1 Å².